The van der Waals surface area contributed by atoms with Gasteiger partial charge in [-0.15, -0.1) is 0 Å². The summed E-state index contributed by atoms with van der Waals surface area (Å²) in [6.07, 6.45) is 3.44. The van der Waals surface area contributed by atoms with Gasteiger partial charge in [0.05, 0.1) is 17.0 Å². The van der Waals surface area contributed by atoms with Crippen LogP contribution in [0.25, 0.3) is 33.9 Å². The van der Waals surface area contributed by atoms with Crippen LogP contribution in [0.3, 0.4) is 0 Å². The average molecular weight is 443 g/mol. The highest BCUT2D eigenvalue weighted by molar-refractivity contribution is 5.91. The van der Waals surface area contributed by atoms with Gasteiger partial charge < -0.3 is 19.7 Å². The van der Waals surface area contributed by atoms with Gasteiger partial charge in [-0.3, -0.25) is 4.98 Å². The van der Waals surface area contributed by atoms with E-state index in [1.165, 1.54) is 0 Å². The number of benzene rings is 2. The lowest BCUT2D eigenvalue weighted by molar-refractivity contribution is 0.0697. The van der Waals surface area contributed by atoms with Crippen molar-refractivity contribution >= 4 is 5.97 Å². The van der Waals surface area contributed by atoms with Crippen LogP contribution in [0, 0.1) is 6.92 Å². The maximum Gasteiger partial charge on any atom is 0.335 e. The zero-order valence-electron chi connectivity index (χ0n) is 18.9. The van der Waals surface area contributed by atoms with Gasteiger partial charge in [-0.25, -0.2) is 9.78 Å². The number of hydrogen-bond acceptors (Lipinski definition) is 5. The molecule has 0 bridgehead atoms. The first kappa shape index (κ1) is 22.2. The van der Waals surface area contributed by atoms with E-state index in [0.29, 0.717) is 18.1 Å². The second kappa shape index (κ2) is 9.67. The number of aryl methyl sites for hydroxylation is 1. The number of H-pyrrole nitrogens is 1. The van der Waals surface area contributed by atoms with E-state index in [1.54, 1.807) is 24.5 Å². The fraction of sp³-hybridized carbons (Fsp3) is 0.192. The fourth-order valence-corrected chi connectivity index (χ4v) is 3.54. The van der Waals surface area contributed by atoms with Gasteiger partial charge >= 0.3 is 5.97 Å². The Kier molecular flexibility index (Phi) is 6.51. The number of aromatic nitrogens is 3. The Morgan fingerprint density at radius 3 is 2.39 bits per heavy atom. The molecular weight excluding hydrogens is 416 g/mol. The van der Waals surface area contributed by atoms with Crippen LogP contribution >= 0.6 is 0 Å². The molecular formula is C26H26N4O3. The number of aromatic carboxylic acids is 1. The topological polar surface area (TPSA) is 91.3 Å². The van der Waals surface area contributed by atoms with Gasteiger partial charge in [0.25, 0.3) is 0 Å². The summed E-state index contributed by atoms with van der Waals surface area (Å²) in [7, 11) is 4.02. The minimum atomic E-state index is -0.967. The van der Waals surface area contributed by atoms with Gasteiger partial charge in [0.2, 0.25) is 0 Å². The van der Waals surface area contributed by atoms with Crippen LogP contribution in [0.5, 0.6) is 5.75 Å². The predicted molar refractivity (Wildman–Crippen MR) is 128 cm³/mol. The van der Waals surface area contributed by atoms with Crippen molar-refractivity contribution < 1.29 is 14.6 Å². The summed E-state index contributed by atoms with van der Waals surface area (Å²) in [5.74, 6) is 0.521. The van der Waals surface area contributed by atoms with E-state index < -0.39 is 5.97 Å². The Balaban J connectivity index is 1.73. The second-order valence-electron chi connectivity index (χ2n) is 8.11. The highest BCUT2D eigenvalue weighted by Crippen LogP contribution is 2.34. The fourth-order valence-electron chi connectivity index (χ4n) is 3.54. The summed E-state index contributed by atoms with van der Waals surface area (Å²) < 4.78 is 5.79. The second-order valence-corrected chi connectivity index (χ2v) is 8.11. The summed E-state index contributed by atoms with van der Waals surface area (Å²) in [4.78, 5) is 26.1. The first-order chi connectivity index (χ1) is 15.9. The van der Waals surface area contributed by atoms with Crippen molar-refractivity contribution in [3.63, 3.8) is 0 Å². The highest BCUT2D eigenvalue weighted by atomic mass is 16.5. The number of carbonyl (C=O) groups is 1. The van der Waals surface area contributed by atoms with Crippen LogP contribution < -0.4 is 4.74 Å². The molecule has 0 aliphatic heterocycles. The van der Waals surface area contributed by atoms with Gasteiger partial charge in [0.15, 0.2) is 0 Å². The van der Waals surface area contributed by atoms with E-state index >= 15 is 0 Å². The minimum Gasteiger partial charge on any atom is -0.492 e. The van der Waals surface area contributed by atoms with Crippen LogP contribution in [-0.4, -0.2) is 58.2 Å². The molecule has 0 aliphatic rings. The lowest BCUT2D eigenvalue weighted by atomic mass is 10.0. The molecule has 168 valence electrons. The molecule has 2 aromatic heterocycles. The predicted octanol–water partition coefficient (Wildman–Crippen LogP) is 4.75. The van der Waals surface area contributed by atoms with Crippen molar-refractivity contribution in [1.29, 1.82) is 0 Å². The van der Waals surface area contributed by atoms with Crippen molar-refractivity contribution in [3.8, 4) is 39.7 Å². The zero-order valence-corrected chi connectivity index (χ0v) is 18.9. The number of carboxylic acid groups (broad SMARTS) is 1. The van der Waals surface area contributed by atoms with Crippen LogP contribution in [-0.2, 0) is 0 Å². The van der Waals surface area contributed by atoms with Crippen molar-refractivity contribution in [1.82, 2.24) is 19.9 Å². The molecule has 0 amide bonds. The maximum atomic E-state index is 11.6. The van der Waals surface area contributed by atoms with Crippen molar-refractivity contribution in [2.75, 3.05) is 27.2 Å². The maximum absolute atomic E-state index is 11.6. The normalized spacial score (nSPS) is 11.0. The van der Waals surface area contributed by atoms with Crippen LogP contribution in [0.15, 0.2) is 67.0 Å². The molecule has 7 nitrogen and oxygen atoms in total. The number of pyridine rings is 1. The quantitative estimate of drug-likeness (QED) is 0.409. The van der Waals surface area contributed by atoms with Gasteiger partial charge in [-0.1, -0.05) is 0 Å². The van der Waals surface area contributed by atoms with E-state index in [-0.39, 0.29) is 5.56 Å². The Bertz CT molecular complexity index is 1250. The molecule has 0 atom stereocenters. The Morgan fingerprint density at radius 2 is 1.73 bits per heavy atom. The molecule has 4 aromatic rings. The van der Waals surface area contributed by atoms with Gasteiger partial charge in [0, 0.05) is 35.6 Å². The molecule has 0 saturated heterocycles. The molecule has 2 aromatic carbocycles. The first-order valence-electron chi connectivity index (χ1n) is 10.6. The highest BCUT2D eigenvalue weighted by Gasteiger charge is 2.17. The SMILES string of the molecule is Cc1cc(C(=O)O)cc(-c2nc(-c3ccc(OCCN(C)C)cc3)[nH]c2-c2ccncc2)c1. The number of rotatable bonds is 8. The van der Waals surface area contributed by atoms with Crippen LogP contribution in [0.4, 0.5) is 0 Å². The van der Waals surface area contributed by atoms with Crippen LogP contribution in [0.1, 0.15) is 15.9 Å². The monoisotopic (exact) mass is 442 g/mol. The molecule has 0 radical (unpaired) electrons. The van der Waals surface area contributed by atoms with Gasteiger partial charge in [-0.05, 0) is 81.2 Å². The first-order valence-corrected chi connectivity index (χ1v) is 10.6. The average Bonchev–Trinajstić information content (AvgIpc) is 3.25. The number of hydrogen-bond donors (Lipinski definition) is 2. The number of likely N-dealkylation sites (N-methyl/N-ethyl adjacent to an activating group) is 1. The Hall–Kier alpha value is -3.97. The lowest BCUT2D eigenvalue weighted by Crippen LogP contribution is -2.19. The summed E-state index contributed by atoms with van der Waals surface area (Å²) in [5, 5.41) is 9.52. The summed E-state index contributed by atoms with van der Waals surface area (Å²) in [6.45, 7) is 3.33. The van der Waals surface area contributed by atoms with Crippen molar-refractivity contribution in [2.24, 2.45) is 0 Å². The molecule has 0 fully saturated rings. The molecule has 0 aliphatic carbocycles. The van der Waals surface area contributed by atoms with Crippen LogP contribution in [0.2, 0.25) is 0 Å². The number of nitrogens with one attached hydrogen (secondary N) is 1. The molecule has 33 heavy (non-hydrogen) atoms. The standard InChI is InChI=1S/C26H26N4O3/c1-17-14-20(16-21(15-17)26(31)32)24-23(18-8-10-27-11-9-18)28-25(29-24)19-4-6-22(7-5-19)33-13-12-30(2)3/h4-11,14-16H,12-13H2,1-3H3,(H,28,29)(H,31,32). The van der Waals surface area contributed by atoms with Gasteiger partial charge in [-0.2, -0.15) is 0 Å². The van der Waals surface area contributed by atoms with E-state index in [4.69, 9.17) is 9.72 Å². The molecule has 0 spiro atoms. The number of aromatic amines is 1. The Labute approximate surface area is 192 Å². The molecule has 4 rings (SSSR count). The number of ether oxygens (including phenoxy) is 1. The number of nitrogens with zero attached hydrogens (tertiary/aromatic N) is 3. The molecule has 0 saturated carbocycles. The van der Waals surface area contributed by atoms with Crippen molar-refractivity contribution in [2.45, 2.75) is 6.92 Å². The van der Waals surface area contributed by atoms with Gasteiger partial charge in [0.1, 0.15) is 18.2 Å². The number of imidazole rings is 1. The number of carboxylic acids is 1. The summed E-state index contributed by atoms with van der Waals surface area (Å²) in [5.41, 5.74) is 5.15. The minimum absolute atomic E-state index is 0.231. The zero-order chi connectivity index (χ0) is 23.4. The molecule has 2 N–H and O–H groups in total. The third-order valence-electron chi connectivity index (χ3n) is 5.21. The van der Waals surface area contributed by atoms with E-state index in [0.717, 1.165) is 40.2 Å². The molecule has 2 heterocycles. The smallest absolute Gasteiger partial charge is 0.335 e. The third kappa shape index (κ3) is 5.27. The largest absolute Gasteiger partial charge is 0.492 e. The van der Waals surface area contributed by atoms with Crippen molar-refractivity contribution in [3.05, 3.63) is 78.1 Å². The van der Waals surface area contributed by atoms with E-state index in [9.17, 15) is 9.90 Å². The molecule has 7 heteroatoms. The Morgan fingerprint density at radius 1 is 1.00 bits per heavy atom. The van der Waals surface area contributed by atoms with E-state index in [1.807, 2.05) is 63.5 Å². The summed E-state index contributed by atoms with van der Waals surface area (Å²) >= 11 is 0. The molecule has 0 unspecified atom stereocenters. The lowest BCUT2D eigenvalue weighted by Gasteiger charge is -2.11. The van der Waals surface area contributed by atoms with E-state index in [2.05, 4.69) is 14.9 Å². The summed E-state index contributed by atoms with van der Waals surface area (Å²) in [6, 6.07) is 16.8. The third-order valence-corrected chi connectivity index (χ3v) is 5.21.